The number of hydrogen-bond acceptors (Lipinski definition) is 29. The van der Waals surface area contributed by atoms with E-state index in [0.29, 0.717) is 191 Å². The number of halogens is 4. The molecule has 0 bridgehead atoms. The number of piperazine rings is 3. The molecule has 149 heavy (non-hydrogen) atoms. The molecular formula is C102H94Cl4N26O15S2. The molecule has 20 rings (SSSR count). The molecule has 0 radical (unpaired) electrons. The fourth-order valence-corrected chi connectivity index (χ4v) is 19.5. The summed E-state index contributed by atoms with van der Waals surface area (Å²) in [6, 6.07) is 41.9. The summed E-state index contributed by atoms with van der Waals surface area (Å²) >= 11 is 27.5. The smallest absolute Gasteiger partial charge is 0.295 e. The first-order valence-corrected chi connectivity index (χ1v) is 50.1. The number of thioether (sulfide) groups is 2. The Balaban J connectivity index is 0.000000136. The average molecular weight is 2130 g/mol. The predicted octanol–water partition coefficient (Wildman–Crippen LogP) is 13.2. The Morgan fingerprint density at radius 2 is 0.544 bits per heavy atom. The number of aromatic nitrogens is 20. The quantitative estimate of drug-likeness (QED) is 0.0200. The van der Waals surface area contributed by atoms with Crippen molar-refractivity contribution in [2.75, 3.05) is 107 Å². The Kier molecular flexibility index (Phi) is 32.2. The van der Waals surface area contributed by atoms with E-state index in [-0.39, 0.29) is 91.3 Å². The molecule has 41 nitrogen and oxygen atoms in total. The van der Waals surface area contributed by atoms with E-state index in [1.807, 2.05) is 112 Å². The maximum Gasteiger partial charge on any atom is 0.295 e. The van der Waals surface area contributed by atoms with E-state index in [2.05, 4.69) is 60.3 Å². The number of benzene rings is 5. The molecule has 15 heterocycles. The topological polar surface area (TPSA) is 438 Å². The second kappa shape index (κ2) is 46.2. The molecular weight excluding hydrogens is 2040 g/mol. The van der Waals surface area contributed by atoms with Crippen molar-refractivity contribution in [1.29, 1.82) is 0 Å². The Morgan fingerprint density at radius 3 is 0.772 bits per heavy atom. The van der Waals surface area contributed by atoms with Crippen LogP contribution in [0.2, 0.25) is 10.0 Å². The number of nitrogens with zero attached hydrogens (tertiary/aromatic N) is 26. The summed E-state index contributed by atoms with van der Waals surface area (Å²) in [4.78, 5) is 190. The SMILES string of the molecule is COc1cnc(-n2cnc(C)n2)c2c1c(C(=O)C(=O)N1CCN(C(=O)c3ccccc3)CC1)cn2CCl.COc1cnc(-n2cnc(C)n2)c2c1c(C(=O)C(=O)N1CCN(C(=O)c3ccccc3)CC1)cn2CCl.COc1cnc(-n2cnc(C)n2)c2c1c(C(=O)C(=O)N1CCN(C(=O)c3ccccc3)CC1)cn2CSc1ccc(Cl)cc1.COc1cnc(-n2cnc(C)n2)c2c1c(C(=O)C(C)=O)cn2CSc1ccc(Cl)cc1. The van der Waals surface area contributed by atoms with Gasteiger partial charge in [-0.25, -0.2) is 58.6 Å². The highest BCUT2D eigenvalue weighted by atomic mass is 35.5. The van der Waals surface area contributed by atoms with Crippen molar-refractivity contribution in [2.24, 2.45) is 0 Å². The molecule has 0 spiro atoms. The lowest BCUT2D eigenvalue weighted by atomic mass is 10.1. The standard InChI is InChI=1S/C31H28ClN7O4S.2C25H24ClN7O4.C21H18ClN5O3S/c1-20-34-18-39(35-20)29-27-26(25(43-2)16-33-29)24(17-38(27)19-44-23-10-8-22(32)9-11-23)28(40)31(42)37-14-12-36(13-15-37)30(41)21-6-4-3-5-7-21;2*1-16-28-15-33(29-16)23-21-20(19(37-2)12-27-23)18(13-32(21)14-26)22(34)25(36)31-10-8-30(9-11-31)24(35)17-6-4-3-5-7-17;1-12(28)20(29)16-9-26(11-31-15-6-4-14(22)5-7-15)19-18(16)17(30-3)8-23-21(19)27-10-24-13(2)25-27/h3-11,16-18H,12-15,19H2,1-2H3;2*3-7,12-13,15H,8-11,14H2,1-2H3;4-10H,11H2,1-3H3. The molecule has 0 N–H and O–H groups in total. The Bertz CT molecular complexity index is 7740. The number of carbonyl (C=O) groups excluding carboxylic acids is 11. The molecule has 762 valence electrons. The lowest BCUT2D eigenvalue weighted by Gasteiger charge is -2.34. The van der Waals surface area contributed by atoms with Gasteiger partial charge in [-0.3, -0.25) is 52.7 Å². The second-order valence-corrected chi connectivity index (χ2v) is 37.3. The molecule has 17 aromatic rings. The second-order valence-electron chi connectivity index (χ2n) is 33.9. The van der Waals surface area contributed by atoms with Crippen molar-refractivity contribution in [2.45, 2.75) is 68.2 Å². The van der Waals surface area contributed by atoms with Crippen molar-refractivity contribution >= 4 is 178 Å². The first-order valence-electron chi connectivity index (χ1n) is 46.3. The minimum absolute atomic E-state index is 0.00771. The molecule has 0 unspecified atom stereocenters. The monoisotopic (exact) mass is 2130 g/mol. The maximum absolute atomic E-state index is 13.9. The largest absolute Gasteiger partial charge is 0.494 e. The predicted molar refractivity (Wildman–Crippen MR) is 555 cm³/mol. The van der Waals surface area contributed by atoms with Crippen molar-refractivity contribution in [3.63, 3.8) is 0 Å². The average Bonchev–Trinajstić information content (AvgIpc) is 1.61. The summed E-state index contributed by atoms with van der Waals surface area (Å²) < 4.78 is 35.1. The molecule has 0 aliphatic carbocycles. The minimum Gasteiger partial charge on any atom is -0.494 e. The number of rotatable bonds is 27. The van der Waals surface area contributed by atoms with Gasteiger partial charge in [-0.1, -0.05) is 77.8 Å². The number of pyridine rings is 4. The van der Waals surface area contributed by atoms with Crippen molar-refractivity contribution < 1.29 is 71.7 Å². The third-order valence-electron chi connectivity index (χ3n) is 24.7. The lowest BCUT2D eigenvalue weighted by Crippen LogP contribution is -2.52. The fourth-order valence-electron chi connectivity index (χ4n) is 17.3. The summed E-state index contributed by atoms with van der Waals surface area (Å²) in [5, 5.41) is 20.5. The Morgan fingerprint density at radius 1 is 0.309 bits per heavy atom. The van der Waals surface area contributed by atoms with Gasteiger partial charge in [0.1, 0.15) is 71.6 Å². The van der Waals surface area contributed by atoms with Crippen molar-refractivity contribution in [3.8, 4) is 46.3 Å². The number of ketones is 5. The van der Waals surface area contributed by atoms with E-state index in [1.165, 1.54) is 121 Å². The summed E-state index contributed by atoms with van der Waals surface area (Å²) in [6.45, 7) is 11.8. The van der Waals surface area contributed by atoms with Crippen LogP contribution in [0.1, 0.15) is 103 Å². The molecule has 12 aromatic heterocycles. The van der Waals surface area contributed by atoms with Gasteiger partial charge < -0.3 is 66.6 Å². The normalized spacial score (nSPS) is 13.1. The summed E-state index contributed by atoms with van der Waals surface area (Å²) in [6.07, 6.45) is 18.5. The number of methoxy groups -OCH3 is 4. The highest BCUT2D eigenvalue weighted by Crippen LogP contribution is 2.41. The molecule has 6 amide bonds. The van der Waals surface area contributed by atoms with Crippen LogP contribution in [-0.4, -0.2) is 298 Å². The molecule has 0 atom stereocenters. The summed E-state index contributed by atoms with van der Waals surface area (Å²) in [7, 11) is 5.92. The van der Waals surface area contributed by atoms with Crippen LogP contribution < -0.4 is 18.9 Å². The van der Waals surface area contributed by atoms with Gasteiger partial charge in [-0.05, 0) is 113 Å². The molecule has 3 fully saturated rings. The van der Waals surface area contributed by atoms with Crippen LogP contribution in [0.5, 0.6) is 23.0 Å². The van der Waals surface area contributed by atoms with Crippen LogP contribution in [0, 0.1) is 27.7 Å². The van der Waals surface area contributed by atoms with E-state index in [1.54, 1.807) is 134 Å². The highest BCUT2D eigenvalue weighted by Gasteiger charge is 2.38. The minimum atomic E-state index is -0.693. The van der Waals surface area contributed by atoms with Gasteiger partial charge in [-0.15, -0.1) is 46.7 Å². The van der Waals surface area contributed by atoms with Gasteiger partial charge >= 0.3 is 0 Å². The van der Waals surface area contributed by atoms with Gasteiger partial charge in [-0.2, -0.15) is 20.4 Å². The van der Waals surface area contributed by atoms with E-state index in [9.17, 15) is 52.7 Å². The highest BCUT2D eigenvalue weighted by molar-refractivity contribution is 7.98. The maximum atomic E-state index is 13.9. The number of hydrogen-bond donors (Lipinski definition) is 0. The van der Waals surface area contributed by atoms with Gasteiger partial charge in [0.25, 0.3) is 52.8 Å². The number of fused-ring (bicyclic) bond motifs is 4. The summed E-state index contributed by atoms with van der Waals surface area (Å²) in [5.74, 6) is 0.770. The molecule has 3 aliphatic heterocycles. The fraction of sp³-hybridized carbons (Fsp3) is 0.245. The molecule has 0 saturated carbocycles. The Hall–Kier alpha value is -16.4. The van der Waals surface area contributed by atoms with Crippen LogP contribution in [0.15, 0.2) is 224 Å². The van der Waals surface area contributed by atoms with Crippen LogP contribution in [0.25, 0.3) is 66.9 Å². The first-order chi connectivity index (χ1) is 72.1. The van der Waals surface area contributed by atoms with Crippen molar-refractivity contribution in [3.05, 3.63) is 287 Å². The van der Waals surface area contributed by atoms with Crippen LogP contribution in [0.4, 0.5) is 0 Å². The molecule has 47 heteroatoms. The number of ether oxygens (including phenoxy) is 4. The first kappa shape index (κ1) is 104. The number of Topliss-reactive ketones (excluding diaryl/α,β-unsaturated/α-hetero) is 5. The number of carbonyl (C=O) groups is 11. The van der Waals surface area contributed by atoms with E-state index in [0.717, 1.165) is 9.79 Å². The van der Waals surface area contributed by atoms with E-state index >= 15 is 0 Å². The number of alkyl halides is 2. The molecule has 3 saturated heterocycles. The molecule has 5 aromatic carbocycles. The van der Waals surface area contributed by atoms with Gasteiger partial charge in [0.05, 0.1) is 143 Å². The van der Waals surface area contributed by atoms with Crippen LogP contribution in [-0.2, 0) is 42.9 Å². The molecule has 3 aliphatic rings. The van der Waals surface area contributed by atoms with E-state index in [4.69, 9.17) is 65.4 Å². The summed E-state index contributed by atoms with van der Waals surface area (Å²) in [5.41, 5.74) is 4.71. The zero-order valence-corrected chi connectivity index (χ0v) is 86.3. The van der Waals surface area contributed by atoms with Gasteiger partial charge in [0.2, 0.25) is 5.78 Å². The van der Waals surface area contributed by atoms with Crippen LogP contribution >= 0.6 is 69.9 Å². The van der Waals surface area contributed by atoms with Crippen molar-refractivity contribution in [1.82, 2.24) is 127 Å². The van der Waals surface area contributed by atoms with E-state index < -0.39 is 46.6 Å². The zero-order valence-electron chi connectivity index (χ0n) is 81.6. The number of amides is 6. The lowest BCUT2D eigenvalue weighted by molar-refractivity contribution is -0.128. The zero-order chi connectivity index (χ0) is 105. The Labute approximate surface area is 878 Å². The third kappa shape index (κ3) is 22.2. The van der Waals surface area contributed by atoms with Gasteiger partial charge in [0, 0.05) is 147 Å². The van der Waals surface area contributed by atoms with Crippen LogP contribution in [0.3, 0.4) is 0 Å². The number of aryl methyl sites for hydroxylation is 4. The third-order valence-corrected chi connectivity index (χ3v) is 27.7. The van der Waals surface area contributed by atoms with Gasteiger partial charge in [0.15, 0.2) is 29.1 Å².